The molecule has 1 atom stereocenters. The fraction of sp³-hybridized carbons (Fsp3) is 0.200. The number of ether oxygens (including phenoxy) is 1. The van der Waals surface area contributed by atoms with E-state index in [1.165, 1.54) is 7.11 Å². The number of primary amides is 1. The maximum absolute atomic E-state index is 12.9. The molecule has 4 N–H and O–H groups in total. The molecule has 148 valence electrons. The van der Waals surface area contributed by atoms with Gasteiger partial charge in [0.25, 0.3) is 5.91 Å². The number of pyridine rings is 1. The molecule has 1 aromatic carbocycles. The molecule has 2 amide bonds. The lowest BCUT2D eigenvalue weighted by molar-refractivity contribution is -0.117. The van der Waals surface area contributed by atoms with Gasteiger partial charge in [-0.3, -0.25) is 19.6 Å². The molecule has 0 spiro atoms. The summed E-state index contributed by atoms with van der Waals surface area (Å²) < 4.78 is 5.41. The molecule has 0 aliphatic carbocycles. The fourth-order valence-corrected chi connectivity index (χ4v) is 3.36. The number of hydrogen-bond acceptors (Lipinski definition) is 6. The maximum atomic E-state index is 12.9. The number of carbonyl (C=O) groups is 2. The summed E-state index contributed by atoms with van der Waals surface area (Å²) in [6, 6.07) is 10.0. The van der Waals surface area contributed by atoms with E-state index in [1.54, 1.807) is 47.6 Å². The Hall–Kier alpha value is -3.88. The van der Waals surface area contributed by atoms with Crippen LogP contribution in [-0.4, -0.2) is 46.7 Å². The van der Waals surface area contributed by atoms with Crippen LogP contribution in [0.1, 0.15) is 16.8 Å². The molecule has 1 saturated heterocycles. The van der Waals surface area contributed by atoms with E-state index < -0.39 is 11.9 Å². The van der Waals surface area contributed by atoms with Crippen molar-refractivity contribution in [1.82, 2.24) is 15.2 Å². The van der Waals surface area contributed by atoms with E-state index in [-0.39, 0.29) is 5.91 Å². The number of aromatic nitrogens is 3. The van der Waals surface area contributed by atoms with Crippen LogP contribution in [0.25, 0.3) is 11.1 Å². The highest BCUT2D eigenvalue weighted by molar-refractivity contribution is 6.01. The second kappa shape index (κ2) is 7.63. The molecule has 9 nitrogen and oxygen atoms in total. The highest BCUT2D eigenvalue weighted by atomic mass is 16.5. The van der Waals surface area contributed by atoms with Crippen molar-refractivity contribution in [1.29, 1.82) is 0 Å². The fourth-order valence-electron chi connectivity index (χ4n) is 3.36. The molecule has 4 rings (SSSR count). The summed E-state index contributed by atoms with van der Waals surface area (Å²) in [5.41, 5.74) is 8.02. The smallest absolute Gasteiger partial charge is 0.250 e. The van der Waals surface area contributed by atoms with Crippen LogP contribution in [0.4, 0.5) is 11.5 Å². The Bertz CT molecular complexity index is 1050. The van der Waals surface area contributed by atoms with Gasteiger partial charge in [0.2, 0.25) is 11.8 Å². The number of methoxy groups -OCH3 is 1. The van der Waals surface area contributed by atoms with Gasteiger partial charge in [0, 0.05) is 35.1 Å². The molecule has 3 heterocycles. The molecule has 0 saturated carbocycles. The summed E-state index contributed by atoms with van der Waals surface area (Å²) >= 11 is 0. The third-order valence-corrected chi connectivity index (χ3v) is 4.82. The van der Waals surface area contributed by atoms with E-state index in [1.807, 2.05) is 6.07 Å². The Balaban J connectivity index is 1.53. The minimum absolute atomic E-state index is 0.0971. The van der Waals surface area contributed by atoms with Crippen LogP contribution in [-0.2, 0) is 4.79 Å². The zero-order valence-corrected chi connectivity index (χ0v) is 15.8. The Morgan fingerprint density at radius 2 is 2.21 bits per heavy atom. The second-order valence-electron chi connectivity index (χ2n) is 6.63. The van der Waals surface area contributed by atoms with Gasteiger partial charge < -0.3 is 15.8 Å². The standard InChI is InChI=1S/C20H20N6O3/c1-29-19-15(13-10-22-23-11-13)5-6-17(25-19)26-8-7-16(20(26)28)24-14-4-2-3-12(9-14)18(21)27/h2-6,9-11,16,24H,7-8H2,1H3,(H2,21,27)(H,22,23). The second-order valence-corrected chi connectivity index (χ2v) is 6.63. The number of nitrogens with one attached hydrogen (secondary N) is 2. The topological polar surface area (TPSA) is 126 Å². The first kappa shape index (κ1) is 18.5. The third kappa shape index (κ3) is 3.62. The highest BCUT2D eigenvalue weighted by Crippen LogP contribution is 2.31. The monoisotopic (exact) mass is 392 g/mol. The van der Waals surface area contributed by atoms with Gasteiger partial charge in [-0.05, 0) is 36.8 Å². The summed E-state index contributed by atoms with van der Waals surface area (Å²) in [5.74, 6) is 0.332. The van der Waals surface area contributed by atoms with E-state index in [4.69, 9.17) is 10.5 Å². The lowest BCUT2D eigenvalue weighted by atomic mass is 10.1. The van der Waals surface area contributed by atoms with Gasteiger partial charge in [-0.25, -0.2) is 0 Å². The predicted octanol–water partition coefficient (Wildman–Crippen LogP) is 1.80. The Morgan fingerprint density at radius 3 is 2.93 bits per heavy atom. The van der Waals surface area contributed by atoms with Gasteiger partial charge in [-0.1, -0.05) is 6.07 Å². The quantitative estimate of drug-likeness (QED) is 0.587. The van der Waals surface area contributed by atoms with Gasteiger partial charge in [0.15, 0.2) is 0 Å². The van der Waals surface area contributed by atoms with Gasteiger partial charge in [-0.15, -0.1) is 0 Å². The van der Waals surface area contributed by atoms with E-state index in [9.17, 15) is 9.59 Å². The van der Waals surface area contributed by atoms with Crippen LogP contribution in [0.2, 0.25) is 0 Å². The van der Waals surface area contributed by atoms with Crippen LogP contribution in [0.15, 0.2) is 48.8 Å². The Labute approximate surface area is 166 Å². The molecule has 2 aromatic heterocycles. The lowest BCUT2D eigenvalue weighted by Crippen LogP contribution is -2.34. The molecule has 1 fully saturated rings. The van der Waals surface area contributed by atoms with Crippen LogP contribution in [0.5, 0.6) is 5.88 Å². The molecule has 0 radical (unpaired) electrons. The minimum Gasteiger partial charge on any atom is -0.480 e. The Morgan fingerprint density at radius 1 is 1.34 bits per heavy atom. The average Bonchev–Trinajstić information content (AvgIpc) is 3.38. The number of H-pyrrole nitrogens is 1. The highest BCUT2D eigenvalue weighted by Gasteiger charge is 2.33. The largest absolute Gasteiger partial charge is 0.480 e. The van der Waals surface area contributed by atoms with Crippen molar-refractivity contribution in [3.8, 4) is 17.0 Å². The molecular weight excluding hydrogens is 372 g/mol. The minimum atomic E-state index is -0.512. The average molecular weight is 392 g/mol. The van der Waals surface area contributed by atoms with Crippen molar-refractivity contribution in [2.45, 2.75) is 12.5 Å². The van der Waals surface area contributed by atoms with Crippen molar-refractivity contribution in [2.75, 3.05) is 23.9 Å². The summed E-state index contributed by atoms with van der Waals surface area (Å²) in [7, 11) is 1.54. The number of carbonyl (C=O) groups excluding carboxylic acids is 2. The molecular formula is C20H20N6O3. The first-order chi connectivity index (χ1) is 14.1. The van der Waals surface area contributed by atoms with Crippen molar-refractivity contribution in [3.63, 3.8) is 0 Å². The van der Waals surface area contributed by atoms with Crippen LogP contribution in [0, 0.1) is 0 Å². The maximum Gasteiger partial charge on any atom is 0.250 e. The van der Waals surface area contributed by atoms with Gasteiger partial charge in [0.1, 0.15) is 11.9 Å². The number of amides is 2. The first-order valence-corrected chi connectivity index (χ1v) is 9.09. The lowest BCUT2D eigenvalue weighted by Gasteiger charge is -2.18. The summed E-state index contributed by atoms with van der Waals surface area (Å²) in [6.07, 6.45) is 4.04. The SMILES string of the molecule is COc1nc(N2CCC(Nc3cccc(C(N)=O)c3)C2=O)ccc1-c1cn[nH]c1. The van der Waals surface area contributed by atoms with Gasteiger partial charge in [-0.2, -0.15) is 10.1 Å². The molecule has 1 aliphatic rings. The zero-order chi connectivity index (χ0) is 20.4. The first-order valence-electron chi connectivity index (χ1n) is 9.09. The molecule has 29 heavy (non-hydrogen) atoms. The molecule has 1 aliphatic heterocycles. The van der Waals surface area contributed by atoms with Crippen LogP contribution in [0.3, 0.4) is 0 Å². The van der Waals surface area contributed by atoms with Crippen LogP contribution >= 0.6 is 0 Å². The zero-order valence-electron chi connectivity index (χ0n) is 15.8. The van der Waals surface area contributed by atoms with Gasteiger partial charge >= 0.3 is 0 Å². The molecule has 0 bridgehead atoms. The number of aromatic amines is 1. The van der Waals surface area contributed by atoms with Crippen molar-refractivity contribution in [3.05, 3.63) is 54.4 Å². The van der Waals surface area contributed by atoms with E-state index in [0.29, 0.717) is 35.9 Å². The number of nitrogens with zero attached hydrogens (tertiary/aromatic N) is 3. The predicted molar refractivity (Wildman–Crippen MR) is 108 cm³/mol. The normalized spacial score (nSPS) is 16.1. The van der Waals surface area contributed by atoms with Gasteiger partial charge in [0.05, 0.1) is 13.3 Å². The number of rotatable bonds is 6. The van der Waals surface area contributed by atoms with Crippen LogP contribution < -0.4 is 20.7 Å². The van der Waals surface area contributed by atoms with E-state index in [2.05, 4.69) is 20.5 Å². The number of benzene rings is 1. The Kier molecular flexibility index (Phi) is 4.86. The third-order valence-electron chi connectivity index (χ3n) is 4.82. The molecule has 3 aromatic rings. The van der Waals surface area contributed by atoms with Crippen molar-refractivity contribution >= 4 is 23.3 Å². The number of hydrogen-bond donors (Lipinski definition) is 3. The molecule has 9 heteroatoms. The summed E-state index contributed by atoms with van der Waals surface area (Å²) in [6.45, 7) is 0.521. The molecule has 1 unspecified atom stereocenters. The summed E-state index contributed by atoms with van der Waals surface area (Å²) in [4.78, 5) is 30.4. The van der Waals surface area contributed by atoms with E-state index >= 15 is 0 Å². The number of anilines is 2. The summed E-state index contributed by atoms with van der Waals surface area (Å²) in [5, 5.41) is 9.88. The van der Waals surface area contributed by atoms with E-state index in [0.717, 1.165) is 11.1 Å². The number of nitrogens with two attached hydrogens (primary N) is 1. The van der Waals surface area contributed by atoms with Crippen molar-refractivity contribution < 1.29 is 14.3 Å². The van der Waals surface area contributed by atoms with Crippen molar-refractivity contribution in [2.24, 2.45) is 5.73 Å².